The highest BCUT2D eigenvalue weighted by molar-refractivity contribution is 7.85. The molecule has 0 radical (unpaired) electrons. The van der Waals surface area contributed by atoms with Crippen LogP contribution in [0.3, 0.4) is 0 Å². The van der Waals surface area contributed by atoms with E-state index in [-0.39, 0.29) is 59.6 Å². The third-order valence-corrected chi connectivity index (χ3v) is 11.4. The zero-order valence-corrected chi connectivity index (χ0v) is 52.5. The molecule has 0 saturated heterocycles. The molecule has 0 heterocycles. The lowest BCUT2D eigenvalue weighted by Gasteiger charge is -2.37. The number of hydrogen-bond donors (Lipinski definition) is 5. The topological polar surface area (TPSA) is 267 Å². The van der Waals surface area contributed by atoms with E-state index in [1.165, 1.54) is 47.6 Å². The van der Waals surface area contributed by atoms with Crippen LogP contribution >= 0.6 is 0 Å². The Morgan fingerprint density at radius 3 is 1.33 bits per heavy atom. The first-order chi connectivity index (χ1) is 37.2. The van der Waals surface area contributed by atoms with E-state index >= 15 is 0 Å². The van der Waals surface area contributed by atoms with Crippen LogP contribution in [0.5, 0.6) is 0 Å². The Kier molecular flexibility index (Phi) is 42.6. The van der Waals surface area contributed by atoms with Crippen LogP contribution in [-0.2, 0) is 62.6 Å². The first-order valence-electron chi connectivity index (χ1n) is 25.7. The predicted octanol–water partition coefficient (Wildman–Crippen LogP) is 11.1. The minimum atomic E-state index is -4.77. The second-order valence-corrected chi connectivity index (χ2v) is 23.5. The monoisotopic (exact) mass is 1250 g/mol. The van der Waals surface area contributed by atoms with Gasteiger partial charge in [-0.2, -0.15) is 47.9 Å². The van der Waals surface area contributed by atoms with Crippen LogP contribution in [0, 0.1) is 11.3 Å². The average Bonchev–Trinajstić information content (AvgIpc) is 3.26. The highest BCUT2D eigenvalue weighted by Gasteiger charge is 2.52. The fourth-order valence-corrected chi connectivity index (χ4v) is 5.82. The second kappa shape index (κ2) is 39.9. The highest BCUT2D eigenvalue weighted by atomic mass is 32.2. The van der Waals surface area contributed by atoms with E-state index in [1.807, 2.05) is 34.6 Å². The molecule has 0 fully saturated rings. The van der Waals surface area contributed by atoms with Crippen molar-refractivity contribution in [3.8, 4) is 0 Å². The number of hydrogen-bond acceptors (Lipinski definition) is 16. The van der Waals surface area contributed by atoms with E-state index < -0.39 is 112 Å². The molecule has 0 aromatic heterocycles. The maximum atomic E-state index is 12.6. The molecular formula is C56H93F9N2O16S. The number of alkyl halides is 9. The number of nitrogens with one attached hydrogen (secondary N) is 2. The van der Waals surface area contributed by atoms with Crippen molar-refractivity contribution in [2.45, 2.75) is 203 Å². The van der Waals surface area contributed by atoms with Gasteiger partial charge in [-0.15, -0.1) is 0 Å². The van der Waals surface area contributed by atoms with E-state index in [1.54, 1.807) is 20.8 Å². The average molecular weight is 1250 g/mol. The molecule has 0 spiro atoms. The molecule has 84 heavy (non-hydrogen) atoms. The Bertz CT molecular complexity index is 2250. The van der Waals surface area contributed by atoms with Crippen molar-refractivity contribution in [2.24, 2.45) is 11.3 Å². The van der Waals surface area contributed by atoms with Crippen LogP contribution in [0.15, 0.2) is 73.9 Å². The number of unbranched alkanes of at least 4 members (excludes halogenated alkanes) is 1. The van der Waals surface area contributed by atoms with Crippen molar-refractivity contribution in [2.75, 3.05) is 32.1 Å². The highest BCUT2D eigenvalue weighted by Crippen LogP contribution is 2.36. The third-order valence-electron chi connectivity index (χ3n) is 10.3. The predicted molar refractivity (Wildman–Crippen MR) is 301 cm³/mol. The van der Waals surface area contributed by atoms with E-state index in [9.17, 15) is 81.8 Å². The lowest BCUT2D eigenvalue weighted by molar-refractivity contribution is -0.262. The van der Waals surface area contributed by atoms with Gasteiger partial charge in [0.15, 0.2) is 11.2 Å². The van der Waals surface area contributed by atoms with E-state index in [4.69, 9.17) is 23.9 Å². The number of ether oxygens (including phenoxy) is 5. The molecular weight excluding hydrogens is 1160 g/mol. The summed E-state index contributed by atoms with van der Waals surface area (Å²) in [4.78, 5) is 65.6. The molecule has 0 bridgehead atoms. The molecule has 4 atom stereocenters. The molecule has 0 aliphatic carbocycles. The number of halogens is 9. The van der Waals surface area contributed by atoms with Crippen molar-refractivity contribution in [3.05, 3.63) is 73.9 Å². The smallest absolute Gasteiger partial charge is 0.417 e. The molecule has 0 aliphatic rings. The molecule has 0 aromatic carbocycles. The van der Waals surface area contributed by atoms with Crippen molar-refractivity contribution in [1.29, 1.82) is 0 Å². The van der Waals surface area contributed by atoms with Crippen LogP contribution in [0.25, 0.3) is 0 Å². The van der Waals surface area contributed by atoms with Gasteiger partial charge in [0, 0.05) is 53.2 Å². The van der Waals surface area contributed by atoms with E-state index in [0.717, 1.165) is 18.9 Å². The van der Waals surface area contributed by atoms with Crippen LogP contribution in [0.2, 0.25) is 0 Å². The molecule has 0 aromatic rings. The van der Waals surface area contributed by atoms with Gasteiger partial charge in [-0.05, 0) is 101 Å². The summed E-state index contributed by atoms with van der Waals surface area (Å²) < 4.78 is 163. The molecule has 0 aliphatic heterocycles. The summed E-state index contributed by atoms with van der Waals surface area (Å²) >= 11 is 0. The SMILES string of the molecule is C=C(C)C(=O)OC(C)CC(C)(O)C(F)(F)F.C=C(C)C(=O)OC(CC(C)C)CC(C)(O)C(F)(F)F.C=C(C)C(=O)OCCCC.C=C(C)C(=O)OCCNCC(F)(F)F.C=CC(=O)NC(C)(C)CS(=O)(=O)O.C=CC(=O)OC(C)(C)C(C)(C)C. The van der Waals surface area contributed by atoms with E-state index in [2.05, 4.69) is 66.5 Å². The van der Waals surface area contributed by atoms with Gasteiger partial charge in [0.05, 0.1) is 24.4 Å². The maximum Gasteiger partial charge on any atom is 0.417 e. The summed E-state index contributed by atoms with van der Waals surface area (Å²) in [6, 6.07) is 0. The van der Waals surface area contributed by atoms with Crippen molar-refractivity contribution in [3.63, 3.8) is 0 Å². The van der Waals surface area contributed by atoms with Crippen molar-refractivity contribution < 1.29 is 115 Å². The Labute approximate surface area is 490 Å². The summed E-state index contributed by atoms with van der Waals surface area (Å²) in [5.41, 5.74) is -6.39. The molecule has 492 valence electrons. The molecule has 18 nitrogen and oxygen atoms in total. The third kappa shape index (κ3) is 49.8. The summed E-state index contributed by atoms with van der Waals surface area (Å²) in [5, 5.41) is 23.0. The molecule has 28 heteroatoms. The zero-order valence-electron chi connectivity index (χ0n) is 51.7. The van der Waals surface area contributed by atoms with Gasteiger partial charge in [-0.25, -0.2) is 24.0 Å². The Balaban J connectivity index is -0.000000220. The summed E-state index contributed by atoms with van der Waals surface area (Å²) in [7, 11) is -4.08. The number of esters is 5. The second-order valence-electron chi connectivity index (χ2n) is 22.1. The van der Waals surface area contributed by atoms with Gasteiger partial charge < -0.3 is 44.5 Å². The van der Waals surface area contributed by atoms with Gasteiger partial charge in [-0.1, -0.05) is 87.4 Å². The quantitative estimate of drug-likeness (QED) is 0.0142. The van der Waals surface area contributed by atoms with Crippen LogP contribution in [0.4, 0.5) is 39.5 Å². The number of rotatable bonds is 25. The molecule has 4 unspecified atom stereocenters. The summed E-state index contributed by atoms with van der Waals surface area (Å²) in [5.74, 6) is -3.74. The summed E-state index contributed by atoms with van der Waals surface area (Å²) in [6.45, 7) is 46.3. The molecule has 0 rings (SSSR count). The van der Waals surface area contributed by atoms with Gasteiger partial charge in [0.1, 0.15) is 24.4 Å². The summed E-state index contributed by atoms with van der Waals surface area (Å²) in [6.07, 6.45) is -12.8. The fraction of sp³-hybridized carbons (Fsp3) is 0.679. The first-order valence-corrected chi connectivity index (χ1v) is 27.3. The maximum absolute atomic E-state index is 12.6. The Morgan fingerprint density at radius 1 is 0.619 bits per heavy atom. The number of aliphatic hydroxyl groups is 2. The number of carbonyl (C=O) groups is 6. The van der Waals surface area contributed by atoms with Crippen LogP contribution in [-0.4, -0.2) is 144 Å². The normalized spacial score (nSPS) is 13.7. The molecule has 5 N–H and O–H groups in total. The zero-order chi connectivity index (χ0) is 68.4. The molecule has 1 amide bonds. The lowest BCUT2D eigenvalue weighted by Crippen LogP contribution is -2.47. The van der Waals surface area contributed by atoms with Gasteiger partial charge in [-0.3, -0.25) is 9.35 Å². The van der Waals surface area contributed by atoms with Gasteiger partial charge >= 0.3 is 48.4 Å². The Hall–Kier alpha value is -5.58. The van der Waals surface area contributed by atoms with Crippen LogP contribution < -0.4 is 10.6 Å². The Morgan fingerprint density at radius 2 is 1.01 bits per heavy atom. The number of amides is 1. The van der Waals surface area contributed by atoms with Crippen LogP contribution in [0.1, 0.15) is 150 Å². The number of carbonyl (C=O) groups excluding carboxylic acids is 6. The largest absolute Gasteiger partial charge is 0.462 e. The standard InChI is InChI=1S/C13H21F3O3.C10H15F3O3.C10H18O2.C8H12F3NO2.C8H14O2.C7H13NO4S/c1-8(2)6-10(19-11(17)9(3)4)7-12(5,18)13(14,15)16;1-6(2)8(14)16-7(3)5-9(4,15)10(11,12)13;1-7-8(11)12-10(5,6)9(2,3)4;1-6(2)7(13)14-4-3-12-5-8(9,10)11;1-4-5-6-10-8(9)7(2)3;1-4-6(9)8-7(2,3)5-13(10,11)12/h8,10,18H,3,6-7H2,1-2,4-5H3;7,15H,1,5H2,2-4H3;7H,1H2,2-6H3;12H,1,3-5H2,2H3;2,4-6H2,1,3H3;4H,1,5H2,2-3H3,(H,8,9)(H,10,11,12). The first kappa shape index (κ1) is 89.6. The van der Waals surface area contributed by atoms with Gasteiger partial charge in [0.2, 0.25) is 5.91 Å². The van der Waals surface area contributed by atoms with Crippen molar-refractivity contribution in [1.82, 2.24) is 10.6 Å². The van der Waals surface area contributed by atoms with Gasteiger partial charge in [0.25, 0.3) is 10.1 Å². The molecule has 0 saturated carbocycles. The minimum absolute atomic E-state index is 0.0292. The van der Waals surface area contributed by atoms with E-state index in [0.29, 0.717) is 26.0 Å². The fourth-order valence-electron chi connectivity index (χ4n) is 4.83. The minimum Gasteiger partial charge on any atom is -0.462 e. The van der Waals surface area contributed by atoms with Crippen molar-refractivity contribution >= 4 is 45.9 Å². The lowest BCUT2D eigenvalue weighted by atomic mass is 9.79.